The van der Waals surface area contributed by atoms with Crippen LogP contribution >= 0.6 is 0 Å². The minimum atomic E-state index is -0.0492. The molecule has 98 valence electrons. The number of piperidine rings is 1. The predicted molar refractivity (Wildman–Crippen MR) is 64.8 cm³/mol. The van der Waals surface area contributed by atoms with E-state index in [-0.39, 0.29) is 11.9 Å². The standard InChI is InChI=1S/C13H23NO3/c1-16-13(15)11-4-2-7-14(10-11)8-6-12-5-3-9-17-12/h11-12H,2-10H2,1H3/t11-,12?/m0/s1. The Morgan fingerprint density at radius 2 is 2.29 bits per heavy atom. The van der Waals surface area contributed by atoms with Crippen LogP contribution in [0, 0.1) is 5.92 Å². The Balaban J connectivity index is 1.71. The molecule has 2 heterocycles. The van der Waals surface area contributed by atoms with Gasteiger partial charge < -0.3 is 14.4 Å². The number of rotatable bonds is 4. The van der Waals surface area contributed by atoms with Gasteiger partial charge in [0.1, 0.15) is 0 Å². The van der Waals surface area contributed by atoms with Gasteiger partial charge in [-0.2, -0.15) is 0 Å². The molecule has 2 aliphatic rings. The molecule has 2 rings (SSSR count). The van der Waals surface area contributed by atoms with Crippen molar-refractivity contribution in [2.45, 2.75) is 38.2 Å². The van der Waals surface area contributed by atoms with Crippen molar-refractivity contribution in [2.75, 3.05) is 33.4 Å². The van der Waals surface area contributed by atoms with Crippen molar-refractivity contribution in [1.29, 1.82) is 0 Å². The first-order valence-electron chi connectivity index (χ1n) is 6.71. The summed E-state index contributed by atoms with van der Waals surface area (Å²) in [6.07, 6.45) is 6.04. The largest absolute Gasteiger partial charge is 0.469 e. The molecule has 2 aliphatic heterocycles. The average molecular weight is 241 g/mol. The van der Waals surface area contributed by atoms with Crippen molar-refractivity contribution < 1.29 is 14.3 Å². The van der Waals surface area contributed by atoms with Gasteiger partial charge in [0.05, 0.1) is 19.1 Å². The first kappa shape index (κ1) is 12.8. The van der Waals surface area contributed by atoms with E-state index < -0.39 is 0 Å². The summed E-state index contributed by atoms with van der Waals surface area (Å²) in [5, 5.41) is 0. The number of hydrogen-bond acceptors (Lipinski definition) is 4. The van der Waals surface area contributed by atoms with Gasteiger partial charge in [0.15, 0.2) is 0 Å². The summed E-state index contributed by atoms with van der Waals surface area (Å²) in [4.78, 5) is 13.9. The molecule has 17 heavy (non-hydrogen) atoms. The molecular weight excluding hydrogens is 218 g/mol. The second kappa shape index (κ2) is 6.36. The van der Waals surface area contributed by atoms with E-state index in [0.29, 0.717) is 6.10 Å². The van der Waals surface area contributed by atoms with Gasteiger partial charge in [0, 0.05) is 19.7 Å². The van der Waals surface area contributed by atoms with Crippen LogP contribution in [-0.4, -0.2) is 50.3 Å². The summed E-state index contributed by atoms with van der Waals surface area (Å²) >= 11 is 0. The first-order valence-corrected chi connectivity index (χ1v) is 6.71. The molecule has 0 radical (unpaired) electrons. The Hall–Kier alpha value is -0.610. The van der Waals surface area contributed by atoms with Gasteiger partial charge in [-0.05, 0) is 38.6 Å². The van der Waals surface area contributed by atoms with Crippen molar-refractivity contribution in [3.8, 4) is 0 Å². The number of hydrogen-bond donors (Lipinski definition) is 0. The zero-order valence-electron chi connectivity index (χ0n) is 10.7. The third kappa shape index (κ3) is 3.68. The lowest BCUT2D eigenvalue weighted by Gasteiger charge is -2.31. The molecule has 0 amide bonds. The summed E-state index contributed by atoms with van der Waals surface area (Å²) in [6.45, 7) is 3.95. The van der Waals surface area contributed by atoms with E-state index in [1.165, 1.54) is 20.0 Å². The fourth-order valence-electron chi connectivity index (χ4n) is 2.82. The molecule has 0 bridgehead atoms. The van der Waals surface area contributed by atoms with Crippen LogP contribution in [0.2, 0.25) is 0 Å². The number of nitrogens with zero attached hydrogens (tertiary/aromatic N) is 1. The summed E-state index contributed by atoms with van der Waals surface area (Å²) < 4.78 is 10.4. The van der Waals surface area contributed by atoms with E-state index in [1.54, 1.807) is 0 Å². The van der Waals surface area contributed by atoms with E-state index >= 15 is 0 Å². The molecular formula is C13H23NO3. The van der Waals surface area contributed by atoms with Gasteiger partial charge in [-0.3, -0.25) is 4.79 Å². The number of methoxy groups -OCH3 is 1. The maximum Gasteiger partial charge on any atom is 0.309 e. The van der Waals surface area contributed by atoms with E-state index in [0.717, 1.165) is 45.5 Å². The zero-order valence-corrected chi connectivity index (χ0v) is 10.7. The Kier molecular flexibility index (Phi) is 4.80. The Morgan fingerprint density at radius 3 is 3.00 bits per heavy atom. The molecule has 1 unspecified atom stereocenters. The van der Waals surface area contributed by atoms with Crippen LogP contribution in [0.3, 0.4) is 0 Å². The number of carbonyl (C=O) groups is 1. The maximum absolute atomic E-state index is 11.5. The van der Waals surface area contributed by atoms with Crippen molar-refractivity contribution in [3.63, 3.8) is 0 Å². The smallest absolute Gasteiger partial charge is 0.309 e. The predicted octanol–water partition coefficient (Wildman–Crippen LogP) is 1.44. The number of esters is 1. The lowest BCUT2D eigenvalue weighted by atomic mass is 9.98. The average Bonchev–Trinajstić information content (AvgIpc) is 2.89. The lowest BCUT2D eigenvalue weighted by molar-refractivity contribution is -0.147. The second-order valence-corrected chi connectivity index (χ2v) is 5.09. The van der Waals surface area contributed by atoms with E-state index in [1.807, 2.05) is 0 Å². The molecule has 0 aliphatic carbocycles. The Bertz CT molecular complexity index is 251. The summed E-state index contributed by atoms with van der Waals surface area (Å²) in [5.41, 5.74) is 0. The van der Waals surface area contributed by atoms with Gasteiger partial charge in [-0.15, -0.1) is 0 Å². The summed E-state index contributed by atoms with van der Waals surface area (Å²) in [6, 6.07) is 0. The zero-order chi connectivity index (χ0) is 12.1. The minimum absolute atomic E-state index is 0.0492. The molecule has 2 atom stereocenters. The maximum atomic E-state index is 11.5. The van der Waals surface area contributed by atoms with Crippen LogP contribution in [0.25, 0.3) is 0 Å². The highest BCUT2D eigenvalue weighted by atomic mass is 16.5. The first-order chi connectivity index (χ1) is 8.29. The van der Waals surface area contributed by atoms with Crippen LogP contribution in [-0.2, 0) is 14.3 Å². The van der Waals surface area contributed by atoms with Crippen molar-refractivity contribution in [1.82, 2.24) is 4.90 Å². The third-order valence-corrected chi connectivity index (χ3v) is 3.83. The van der Waals surface area contributed by atoms with Gasteiger partial charge in [-0.25, -0.2) is 0 Å². The minimum Gasteiger partial charge on any atom is -0.469 e. The number of likely N-dealkylation sites (tertiary alicyclic amines) is 1. The molecule has 2 saturated heterocycles. The lowest BCUT2D eigenvalue weighted by Crippen LogP contribution is -2.40. The van der Waals surface area contributed by atoms with Crippen LogP contribution < -0.4 is 0 Å². The van der Waals surface area contributed by atoms with Gasteiger partial charge in [0.2, 0.25) is 0 Å². The Labute approximate surface area is 103 Å². The molecule has 2 fully saturated rings. The van der Waals surface area contributed by atoms with Crippen LogP contribution in [0.5, 0.6) is 0 Å². The highest BCUT2D eigenvalue weighted by Crippen LogP contribution is 2.20. The highest BCUT2D eigenvalue weighted by molar-refractivity contribution is 5.72. The number of carbonyl (C=O) groups excluding carboxylic acids is 1. The van der Waals surface area contributed by atoms with Crippen molar-refractivity contribution in [3.05, 3.63) is 0 Å². The van der Waals surface area contributed by atoms with Crippen LogP contribution in [0.4, 0.5) is 0 Å². The quantitative estimate of drug-likeness (QED) is 0.698. The normalized spacial score (nSPS) is 30.4. The molecule has 0 aromatic rings. The van der Waals surface area contributed by atoms with Crippen LogP contribution in [0.1, 0.15) is 32.1 Å². The van der Waals surface area contributed by atoms with E-state index in [4.69, 9.17) is 9.47 Å². The summed E-state index contributed by atoms with van der Waals surface area (Å²) in [7, 11) is 1.48. The molecule has 0 saturated carbocycles. The molecule has 0 aromatic carbocycles. The molecule has 0 N–H and O–H groups in total. The topological polar surface area (TPSA) is 38.8 Å². The highest BCUT2D eigenvalue weighted by Gasteiger charge is 2.27. The third-order valence-electron chi connectivity index (χ3n) is 3.83. The molecule has 4 heteroatoms. The monoisotopic (exact) mass is 241 g/mol. The molecule has 0 aromatic heterocycles. The van der Waals surface area contributed by atoms with Crippen LogP contribution in [0.15, 0.2) is 0 Å². The van der Waals surface area contributed by atoms with Crippen molar-refractivity contribution >= 4 is 5.97 Å². The SMILES string of the molecule is COC(=O)[C@H]1CCCN(CCC2CCCO2)C1. The van der Waals surface area contributed by atoms with E-state index in [2.05, 4.69) is 4.90 Å². The second-order valence-electron chi connectivity index (χ2n) is 5.09. The van der Waals surface area contributed by atoms with E-state index in [9.17, 15) is 4.79 Å². The van der Waals surface area contributed by atoms with Gasteiger partial charge in [-0.1, -0.05) is 0 Å². The fourth-order valence-corrected chi connectivity index (χ4v) is 2.82. The fraction of sp³-hybridized carbons (Fsp3) is 0.923. The van der Waals surface area contributed by atoms with Gasteiger partial charge >= 0.3 is 5.97 Å². The summed E-state index contributed by atoms with van der Waals surface area (Å²) in [5.74, 6) is 0.0325. The van der Waals surface area contributed by atoms with Gasteiger partial charge in [0.25, 0.3) is 0 Å². The number of ether oxygens (including phenoxy) is 2. The molecule has 4 nitrogen and oxygen atoms in total. The molecule has 0 spiro atoms. The van der Waals surface area contributed by atoms with Crippen molar-refractivity contribution in [2.24, 2.45) is 5.92 Å². The Morgan fingerprint density at radius 1 is 1.41 bits per heavy atom.